The zero-order chi connectivity index (χ0) is 27.4. The molecule has 11 heteroatoms. The quantitative estimate of drug-likeness (QED) is 0.252. The first-order chi connectivity index (χ1) is 19.0. The van der Waals surface area contributed by atoms with Crippen LogP contribution in [-0.4, -0.2) is 51.0 Å². The van der Waals surface area contributed by atoms with Gasteiger partial charge in [0.15, 0.2) is 17.0 Å². The highest BCUT2D eigenvalue weighted by atomic mass is 16.3. The second-order valence-electron chi connectivity index (χ2n) is 9.61. The Labute approximate surface area is 224 Å². The molecular formula is C28H32N8O3. The number of aromatic amines is 1. The molecule has 0 atom stereocenters. The normalized spacial score (nSPS) is 11.5. The molecule has 0 fully saturated rings. The van der Waals surface area contributed by atoms with Crippen LogP contribution in [0.1, 0.15) is 44.0 Å². The Balaban J connectivity index is 1.55. The number of hydrogen-bond acceptors (Lipinski definition) is 7. The molecule has 0 aliphatic heterocycles. The lowest BCUT2D eigenvalue weighted by Crippen LogP contribution is -2.40. The Morgan fingerprint density at radius 1 is 0.949 bits per heavy atom. The smallest absolute Gasteiger partial charge is 0.332 e. The summed E-state index contributed by atoms with van der Waals surface area (Å²) in [7, 11) is 1.64. The van der Waals surface area contributed by atoms with E-state index in [2.05, 4.69) is 27.5 Å². The van der Waals surface area contributed by atoms with Crippen molar-refractivity contribution in [3.05, 3.63) is 80.8 Å². The van der Waals surface area contributed by atoms with Crippen LogP contribution in [0, 0.1) is 0 Å². The molecule has 0 amide bonds. The van der Waals surface area contributed by atoms with E-state index in [-0.39, 0.29) is 18.7 Å². The topological polar surface area (TPSA) is 137 Å². The number of benzene rings is 2. The zero-order valence-electron chi connectivity index (χ0n) is 22.2. The summed E-state index contributed by atoms with van der Waals surface area (Å²) in [6, 6.07) is 16.1. The minimum atomic E-state index is -0.421. The van der Waals surface area contributed by atoms with Crippen molar-refractivity contribution >= 4 is 11.2 Å². The molecule has 2 aromatic carbocycles. The summed E-state index contributed by atoms with van der Waals surface area (Å²) >= 11 is 0. The third-order valence-corrected chi connectivity index (χ3v) is 6.99. The van der Waals surface area contributed by atoms with Gasteiger partial charge >= 0.3 is 5.69 Å². The third-order valence-electron chi connectivity index (χ3n) is 6.99. The van der Waals surface area contributed by atoms with Crippen LogP contribution >= 0.6 is 0 Å². The molecule has 3 aromatic heterocycles. The molecule has 3 heterocycles. The number of nitrogens with one attached hydrogen (secondary N) is 1. The van der Waals surface area contributed by atoms with E-state index in [9.17, 15) is 14.7 Å². The van der Waals surface area contributed by atoms with Crippen molar-refractivity contribution < 1.29 is 5.11 Å². The first-order valence-corrected chi connectivity index (χ1v) is 13.3. The number of hydrogen-bond donors (Lipinski definition) is 2. The van der Waals surface area contributed by atoms with Crippen LogP contribution in [0.15, 0.2) is 58.1 Å². The molecule has 5 aromatic rings. The van der Waals surface area contributed by atoms with E-state index in [1.165, 1.54) is 9.13 Å². The average molecular weight is 529 g/mol. The van der Waals surface area contributed by atoms with Crippen molar-refractivity contribution in [2.45, 2.75) is 52.1 Å². The average Bonchev–Trinajstić information content (AvgIpc) is 3.62. The van der Waals surface area contributed by atoms with Gasteiger partial charge in [0, 0.05) is 38.7 Å². The Hall–Kier alpha value is -4.38. The largest absolute Gasteiger partial charge is 0.396 e. The van der Waals surface area contributed by atoms with E-state index in [1.807, 2.05) is 53.1 Å². The highest BCUT2D eigenvalue weighted by Crippen LogP contribution is 2.30. The number of unbranched alkanes of at least 4 members (excludes halogenated alkanes) is 2. The molecular weight excluding hydrogens is 496 g/mol. The fourth-order valence-electron chi connectivity index (χ4n) is 4.92. The summed E-state index contributed by atoms with van der Waals surface area (Å²) in [5.41, 5.74) is 3.92. The maximum Gasteiger partial charge on any atom is 0.332 e. The number of rotatable bonds is 11. The van der Waals surface area contributed by atoms with E-state index in [0.29, 0.717) is 36.4 Å². The molecule has 5 rings (SSSR count). The second kappa shape index (κ2) is 11.6. The van der Waals surface area contributed by atoms with Gasteiger partial charge in [0.25, 0.3) is 5.56 Å². The van der Waals surface area contributed by atoms with Crippen LogP contribution in [0.3, 0.4) is 0 Å². The fourth-order valence-corrected chi connectivity index (χ4v) is 4.92. The molecule has 0 unspecified atom stereocenters. The fraction of sp³-hybridized carbons (Fsp3) is 0.357. The molecule has 0 saturated carbocycles. The van der Waals surface area contributed by atoms with Crippen molar-refractivity contribution in [3.8, 4) is 22.5 Å². The van der Waals surface area contributed by atoms with Gasteiger partial charge in [-0.2, -0.15) is 0 Å². The molecule has 0 aliphatic carbocycles. The lowest BCUT2D eigenvalue weighted by molar-refractivity contribution is 0.277. The van der Waals surface area contributed by atoms with E-state index >= 15 is 0 Å². The molecule has 202 valence electrons. The lowest BCUT2D eigenvalue weighted by Gasteiger charge is -2.12. The molecule has 0 aliphatic rings. The van der Waals surface area contributed by atoms with E-state index in [0.717, 1.165) is 47.3 Å². The van der Waals surface area contributed by atoms with Gasteiger partial charge in [0.05, 0.1) is 0 Å². The Kier molecular flexibility index (Phi) is 7.78. The number of nitrogens with zero attached hydrogens (tertiary/aromatic N) is 7. The van der Waals surface area contributed by atoms with Crippen molar-refractivity contribution in [1.82, 2.24) is 39.3 Å². The second-order valence-corrected chi connectivity index (χ2v) is 9.61. The van der Waals surface area contributed by atoms with Gasteiger partial charge in [-0.1, -0.05) is 68.3 Å². The number of aromatic nitrogens is 8. The minimum absolute atomic E-state index is 0.0996. The van der Waals surface area contributed by atoms with Crippen LogP contribution in [0.4, 0.5) is 0 Å². The summed E-state index contributed by atoms with van der Waals surface area (Å²) in [5.74, 6) is 1.39. The van der Waals surface area contributed by atoms with Crippen molar-refractivity contribution in [2.24, 2.45) is 7.05 Å². The van der Waals surface area contributed by atoms with Crippen molar-refractivity contribution in [1.29, 1.82) is 0 Å². The van der Waals surface area contributed by atoms with Crippen LogP contribution < -0.4 is 11.2 Å². The zero-order valence-corrected chi connectivity index (χ0v) is 22.2. The van der Waals surface area contributed by atoms with Crippen LogP contribution in [0.5, 0.6) is 0 Å². The minimum Gasteiger partial charge on any atom is -0.396 e. The number of aliphatic hydroxyl groups excluding tert-OH is 1. The summed E-state index contributed by atoms with van der Waals surface area (Å²) < 4.78 is 4.59. The number of aliphatic hydroxyl groups is 1. The number of imidazole rings is 1. The lowest BCUT2D eigenvalue weighted by atomic mass is 9.98. The monoisotopic (exact) mass is 528 g/mol. The number of aryl methyl sites for hydroxylation is 2. The summed E-state index contributed by atoms with van der Waals surface area (Å²) in [5, 5.41) is 23.6. The first-order valence-electron chi connectivity index (χ1n) is 13.3. The Morgan fingerprint density at radius 2 is 1.72 bits per heavy atom. The third kappa shape index (κ3) is 5.17. The van der Waals surface area contributed by atoms with E-state index in [4.69, 9.17) is 4.98 Å². The van der Waals surface area contributed by atoms with E-state index in [1.54, 1.807) is 7.05 Å². The summed E-state index contributed by atoms with van der Waals surface area (Å²) in [4.78, 5) is 31.2. The van der Waals surface area contributed by atoms with Gasteiger partial charge < -0.3 is 9.67 Å². The molecule has 0 saturated heterocycles. The van der Waals surface area contributed by atoms with Gasteiger partial charge in [0.1, 0.15) is 5.82 Å². The molecule has 0 spiro atoms. The summed E-state index contributed by atoms with van der Waals surface area (Å²) in [6.45, 7) is 2.64. The number of tetrazole rings is 1. The van der Waals surface area contributed by atoms with E-state index < -0.39 is 5.69 Å². The highest BCUT2D eigenvalue weighted by Gasteiger charge is 2.20. The van der Waals surface area contributed by atoms with Crippen LogP contribution in [0.2, 0.25) is 0 Å². The van der Waals surface area contributed by atoms with Gasteiger partial charge in [-0.3, -0.25) is 13.9 Å². The van der Waals surface area contributed by atoms with Gasteiger partial charge in [0.2, 0.25) is 0 Å². The maximum absolute atomic E-state index is 13.5. The standard InChI is InChI=1S/C28H32N8O3/c1-3-4-5-11-23-29-26-24(27(38)35(16-8-17-37)28(39)34(26)2)36(23)18-19-12-14-20(15-13-19)21-9-6-7-10-22(21)25-30-32-33-31-25/h6-7,9-10,12-15,37H,3-5,8,11,16-18H2,1-2H3,(H,30,31,32,33). The van der Waals surface area contributed by atoms with Crippen LogP contribution in [-0.2, 0) is 26.6 Å². The molecule has 0 radical (unpaired) electrons. The SMILES string of the molecule is CCCCCc1nc2c(c(=O)n(CCCO)c(=O)n2C)n1Cc1ccc(-c2ccccc2-c2nnn[nH]2)cc1. The first kappa shape index (κ1) is 26.2. The Morgan fingerprint density at radius 3 is 2.41 bits per heavy atom. The molecule has 11 nitrogen and oxygen atoms in total. The van der Waals surface area contributed by atoms with Gasteiger partial charge in [-0.05, 0) is 40.0 Å². The number of fused-ring (bicyclic) bond motifs is 1. The van der Waals surface area contributed by atoms with Gasteiger partial charge in [-0.25, -0.2) is 14.9 Å². The molecule has 0 bridgehead atoms. The maximum atomic E-state index is 13.5. The predicted molar refractivity (Wildman–Crippen MR) is 148 cm³/mol. The van der Waals surface area contributed by atoms with Gasteiger partial charge in [-0.15, -0.1) is 5.10 Å². The number of H-pyrrole nitrogens is 1. The molecule has 2 N–H and O–H groups in total. The highest BCUT2D eigenvalue weighted by molar-refractivity contribution is 5.80. The summed E-state index contributed by atoms with van der Waals surface area (Å²) in [6.07, 6.45) is 4.10. The van der Waals surface area contributed by atoms with Crippen LogP contribution in [0.25, 0.3) is 33.7 Å². The predicted octanol–water partition coefficient (Wildman–Crippen LogP) is 2.91. The molecule has 39 heavy (non-hydrogen) atoms. The van der Waals surface area contributed by atoms with Crippen molar-refractivity contribution in [3.63, 3.8) is 0 Å². The van der Waals surface area contributed by atoms with Crippen molar-refractivity contribution in [2.75, 3.05) is 6.61 Å². The Bertz CT molecular complexity index is 1680.